The third kappa shape index (κ3) is 4.27. The first-order chi connectivity index (χ1) is 10.6. The Morgan fingerprint density at radius 2 is 1.95 bits per heavy atom. The molecule has 1 heterocycles. The zero-order chi connectivity index (χ0) is 15.9. The number of hydrogen-bond acceptors (Lipinski definition) is 4. The van der Waals surface area contributed by atoms with Crippen LogP contribution in [0.2, 0.25) is 0 Å². The second-order valence-electron chi connectivity index (χ2n) is 4.56. The van der Waals surface area contributed by atoms with Crippen LogP contribution in [0.4, 0.5) is 0 Å². The van der Waals surface area contributed by atoms with Crippen molar-refractivity contribution in [3.8, 4) is 0 Å². The van der Waals surface area contributed by atoms with Crippen LogP contribution in [-0.4, -0.2) is 30.0 Å². The van der Waals surface area contributed by atoms with E-state index < -0.39 is 17.9 Å². The Labute approximate surface area is 142 Å². The highest BCUT2D eigenvalue weighted by atomic mass is 127. The Bertz CT molecular complexity index is 661. The van der Waals surface area contributed by atoms with Gasteiger partial charge in [-0.15, -0.1) is 0 Å². The van der Waals surface area contributed by atoms with Crippen LogP contribution >= 0.6 is 22.6 Å². The predicted octanol–water partition coefficient (Wildman–Crippen LogP) is 2.20. The fourth-order valence-corrected chi connectivity index (χ4v) is 2.56. The molecule has 0 saturated heterocycles. The maximum Gasteiger partial charge on any atom is 0.328 e. The molecule has 5 nitrogen and oxygen atoms in total. The number of carbonyl (C=O) groups excluding carboxylic acids is 2. The molecule has 0 bridgehead atoms. The minimum atomic E-state index is -0.754. The molecule has 1 N–H and O–H groups in total. The Morgan fingerprint density at radius 1 is 1.23 bits per heavy atom. The number of pyridine rings is 1. The maximum atomic E-state index is 12.2. The molecule has 2 rings (SSSR count). The van der Waals surface area contributed by atoms with E-state index in [0.29, 0.717) is 6.42 Å². The Hall–Kier alpha value is -1.96. The summed E-state index contributed by atoms with van der Waals surface area (Å²) < 4.78 is 5.81. The molecule has 0 aliphatic rings. The highest BCUT2D eigenvalue weighted by Gasteiger charge is 2.23. The summed E-state index contributed by atoms with van der Waals surface area (Å²) in [6, 6.07) is 12.0. The molecule has 0 aliphatic heterocycles. The van der Waals surface area contributed by atoms with Crippen molar-refractivity contribution in [1.82, 2.24) is 10.3 Å². The molecule has 0 fully saturated rings. The first kappa shape index (κ1) is 16.4. The van der Waals surface area contributed by atoms with Crippen molar-refractivity contribution in [1.29, 1.82) is 0 Å². The molecule has 1 aromatic heterocycles. The van der Waals surface area contributed by atoms with Crippen LogP contribution in [0.1, 0.15) is 16.1 Å². The number of ether oxygens (including phenoxy) is 1. The molecule has 0 radical (unpaired) electrons. The zero-order valence-electron chi connectivity index (χ0n) is 12.0. The molecule has 0 unspecified atom stereocenters. The van der Waals surface area contributed by atoms with Crippen molar-refractivity contribution in [3.05, 3.63) is 63.5 Å². The smallest absolute Gasteiger partial charge is 0.328 e. The molecule has 2 aromatic rings. The van der Waals surface area contributed by atoms with E-state index in [2.05, 4.69) is 32.9 Å². The summed E-state index contributed by atoms with van der Waals surface area (Å²) in [5.41, 5.74) is 1.24. The second kappa shape index (κ2) is 7.88. The van der Waals surface area contributed by atoms with Gasteiger partial charge in [-0.2, -0.15) is 0 Å². The lowest BCUT2D eigenvalue weighted by atomic mass is 10.1. The number of aromatic nitrogens is 1. The van der Waals surface area contributed by atoms with Crippen molar-refractivity contribution in [3.63, 3.8) is 0 Å². The Balaban J connectivity index is 2.15. The van der Waals surface area contributed by atoms with Crippen molar-refractivity contribution < 1.29 is 14.3 Å². The number of methoxy groups -OCH3 is 1. The Morgan fingerprint density at radius 3 is 2.59 bits per heavy atom. The first-order valence-corrected chi connectivity index (χ1v) is 7.73. The van der Waals surface area contributed by atoms with E-state index in [9.17, 15) is 9.59 Å². The van der Waals surface area contributed by atoms with Gasteiger partial charge in [-0.05, 0) is 46.4 Å². The van der Waals surface area contributed by atoms with Crippen LogP contribution in [0.5, 0.6) is 0 Å². The number of carbonyl (C=O) groups is 2. The number of rotatable bonds is 5. The maximum absolute atomic E-state index is 12.2. The fourth-order valence-electron chi connectivity index (χ4n) is 1.95. The molecule has 1 atom stereocenters. The molecule has 0 spiro atoms. The standard InChI is InChI=1S/C16H15IN2O3/c1-22-16(21)14(10-11-6-2-3-7-12(11)17)19-15(20)13-8-4-5-9-18-13/h2-9,14H,10H2,1H3,(H,19,20)/t14-/m1/s1. The van der Waals surface area contributed by atoms with Gasteiger partial charge >= 0.3 is 5.97 Å². The van der Waals surface area contributed by atoms with E-state index in [1.54, 1.807) is 18.2 Å². The van der Waals surface area contributed by atoms with Gasteiger partial charge in [-0.1, -0.05) is 24.3 Å². The summed E-state index contributed by atoms with van der Waals surface area (Å²) in [4.78, 5) is 28.1. The number of benzene rings is 1. The van der Waals surface area contributed by atoms with Gasteiger partial charge in [-0.25, -0.2) is 4.79 Å². The monoisotopic (exact) mass is 410 g/mol. The Kier molecular flexibility index (Phi) is 5.88. The lowest BCUT2D eigenvalue weighted by Crippen LogP contribution is -2.43. The number of nitrogens with one attached hydrogen (secondary N) is 1. The normalized spacial score (nSPS) is 11.5. The quantitative estimate of drug-likeness (QED) is 0.607. The van der Waals surface area contributed by atoms with Crippen molar-refractivity contribution in [2.75, 3.05) is 7.11 Å². The van der Waals surface area contributed by atoms with Crippen LogP contribution in [0.25, 0.3) is 0 Å². The highest BCUT2D eigenvalue weighted by Crippen LogP contribution is 2.14. The average molecular weight is 410 g/mol. The summed E-state index contributed by atoms with van der Waals surface area (Å²) in [5.74, 6) is -0.883. The topological polar surface area (TPSA) is 68.3 Å². The molecular formula is C16H15IN2O3. The number of halogens is 1. The second-order valence-corrected chi connectivity index (χ2v) is 5.72. The number of hydrogen-bond donors (Lipinski definition) is 1. The van der Waals surface area contributed by atoms with E-state index in [0.717, 1.165) is 9.13 Å². The first-order valence-electron chi connectivity index (χ1n) is 6.65. The third-order valence-corrected chi connectivity index (χ3v) is 4.12. The van der Waals surface area contributed by atoms with Crippen molar-refractivity contribution in [2.45, 2.75) is 12.5 Å². The molecule has 1 amide bonds. The molecule has 0 saturated carbocycles. The van der Waals surface area contributed by atoms with Gasteiger partial charge in [-0.3, -0.25) is 9.78 Å². The third-order valence-electron chi connectivity index (χ3n) is 3.07. The summed E-state index contributed by atoms with van der Waals surface area (Å²) in [5, 5.41) is 2.68. The number of amides is 1. The van der Waals surface area contributed by atoms with E-state index in [1.165, 1.54) is 13.3 Å². The molecular weight excluding hydrogens is 395 g/mol. The lowest BCUT2D eigenvalue weighted by Gasteiger charge is -2.17. The minimum Gasteiger partial charge on any atom is -0.467 e. The van der Waals surface area contributed by atoms with Gasteiger partial charge in [0.25, 0.3) is 5.91 Å². The van der Waals surface area contributed by atoms with Gasteiger partial charge in [0.15, 0.2) is 0 Å². The zero-order valence-corrected chi connectivity index (χ0v) is 14.1. The predicted molar refractivity (Wildman–Crippen MR) is 90.4 cm³/mol. The van der Waals surface area contributed by atoms with Gasteiger partial charge in [0.05, 0.1) is 7.11 Å². The fraction of sp³-hybridized carbons (Fsp3) is 0.188. The molecule has 22 heavy (non-hydrogen) atoms. The average Bonchev–Trinajstić information content (AvgIpc) is 2.56. The molecule has 114 valence electrons. The van der Waals surface area contributed by atoms with Crippen LogP contribution in [-0.2, 0) is 16.0 Å². The summed E-state index contributed by atoms with van der Waals surface area (Å²) in [6.45, 7) is 0. The van der Waals surface area contributed by atoms with E-state index >= 15 is 0 Å². The van der Waals surface area contributed by atoms with Crippen molar-refractivity contribution in [2.24, 2.45) is 0 Å². The van der Waals surface area contributed by atoms with Gasteiger partial charge < -0.3 is 10.1 Å². The van der Waals surface area contributed by atoms with Gasteiger partial charge in [0.1, 0.15) is 11.7 Å². The summed E-state index contributed by atoms with van der Waals surface area (Å²) in [6.07, 6.45) is 1.90. The highest BCUT2D eigenvalue weighted by molar-refractivity contribution is 14.1. The number of esters is 1. The van der Waals surface area contributed by atoms with Crippen LogP contribution in [0.3, 0.4) is 0 Å². The summed E-state index contributed by atoms with van der Waals surface area (Å²) >= 11 is 2.20. The van der Waals surface area contributed by atoms with Crippen LogP contribution in [0.15, 0.2) is 48.7 Å². The summed E-state index contributed by atoms with van der Waals surface area (Å²) in [7, 11) is 1.30. The van der Waals surface area contributed by atoms with Gasteiger partial charge in [0.2, 0.25) is 0 Å². The van der Waals surface area contributed by atoms with E-state index in [-0.39, 0.29) is 5.69 Å². The van der Waals surface area contributed by atoms with E-state index in [1.807, 2.05) is 24.3 Å². The SMILES string of the molecule is COC(=O)[C@@H](Cc1ccccc1I)NC(=O)c1ccccn1. The molecule has 1 aromatic carbocycles. The van der Waals surface area contributed by atoms with Crippen molar-refractivity contribution >= 4 is 34.5 Å². The largest absolute Gasteiger partial charge is 0.467 e. The molecule has 0 aliphatic carbocycles. The van der Waals surface area contributed by atoms with Gasteiger partial charge in [0, 0.05) is 16.2 Å². The van der Waals surface area contributed by atoms with Crippen LogP contribution in [0, 0.1) is 3.57 Å². The van der Waals surface area contributed by atoms with Crippen LogP contribution < -0.4 is 5.32 Å². The minimum absolute atomic E-state index is 0.263. The number of nitrogens with zero attached hydrogens (tertiary/aromatic N) is 1. The van der Waals surface area contributed by atoms with E-state index in [4.69, 9.17) is 4.74 Å². The molecule has 6 heteroatoms. The lowest BCUT2D eigenvalue weighted by molar-refractivity contribution is -0.142.